The van der Waals surface area contributed by atoms with Gasteiger partial charge in [-0.15, -0.1) is 0 Å². The molecular formula is C9H14NO4+. The van der Waals surface area contributed by atoms with Crippen molar-refractivity contribution in [2.24, 2.45) is 0 Å². The van der Waals surface area contributed by atoms with Crippen molar-refractivity contribution in [3.05, 3.63) is 12.2 Å². The lowest BCUT2D eigenvalue weighted by atomic mass is 10.5. The molecule has 0 aromatic rings. The smallest absolute Gasteiger partial charge is 0.348 e. The van der Waals surface area contributed by atoms with Crippen LogP contribution in [0.3, 0.4) is 0 Å². The van der Waals surface area contributed by atoms with Crippen molar-refractivity contribution in [1.82, 2.24) is 0 Å². The molecule has 0 aromatic carbocycles. The van der Waals surface area contributed by atoms with Gasteiger partial charge in [0.25, 0.3) is 0 Å². The minimum absolute atomic E-state index is 0.0635. The first-order chi connectivity index (χ1) is 6.61. The zero-order chi connectivity index (χ0) is 10.6. The third-order valence-electron chi connectivity index (χ3n) is 2.12. The number of ether oxygens (including phenoxy) is 2. The van der Waals surface area contributed by atoms with Crippen molar-refractivity contribution in [2.45, 2.75) is 0 Å². The van der Waals surface area contributed by atoms with E-state index in [-0.39, 0.29) is 23.0 Å². The summed E-state index contributed by atoms with van der Waals surface area (Å²) in [4.78, 5) is 22.6. The summed E-state index contributed by atoms with van der Waals surface area (Å²) >= 11 is 0. The number of amides is 2. The highest BCUT2D eigenvalue weighted by molar-refractivity contribution is 6.03. The van der Waals surface area contributed by atoms with E-state index in [1.807, 2.05) is 0 Å². The van der Waals surface area contributed by atoms with E-state index in [0.29, 0.717) is 13.2 Å². The first-order valence-corrected chi connectivity index (χ1v) is 4.30. The summed E-state index contributed by atoms with van der Waals surface area (Å²) in [5, 5.41) is 0. The number of carbonyl (C=O) groups excluding carboxylic acids is 2. The van der Waals surface area contributed by atoms with Crippen LogP contribution in [0.2, 0.25) is 0 Å². The number of imide groups is 1. The fourth-order valence-corrected chi connectivity index (χ4v) is 1.10. The van der Waals surface area contributed by atoms with Gasteiger partial charge in [0.05, 0.1) is 32.4 Å². The van der Waals surface area contributed by atoms with Crippen LogP contribution in [0, 0.1) is 0 Å². The summed E-state index contributed by atoms with van der Waals surface area (Å²) in [6, 6.07) is 0. The molecule has 0 radical (unpaired) electrons. The first kappa shape index (κ1) is 11.0. The lowest BCUT2D eigenvalue weighted by molar-refractivity contribution is -0.774. The van der Waals surface area contributed by atoms with E-state index in [9.17, 15) is 9.59 Å². The predicted octanol–water partition coefficient (Wildman–Crippen LogP) is -0.324. The van der Waals surface area contributed by atoms with Crippen molar-refractivity contribution in [3.63, 3.8) is 0 Å². The van der Waals surface area contributed by atoms with Crippen LogP contribution < -0.4 is 0 Å². The molecule has 0 unspecified atom stereocenters. The topological polar surface area (TPSA) is 52.6 Å². The molecule has 0 atom stereocenters. The van der Waals surface area contributed by atoms with Gasteiger partial charge in [0.2, 0.25) is 0 Å². The molecule has 1 rings (SSSR count). The van der Waals surface area contributed by atoms with E-state index in [0.717, 1.165) is 0 Å². The molecule has 0 saturated heterocycles. The SMILES string of the molecule is COCCOC[N+]1(C)C(=O)C=CC1=O. The van der Waals surface area contributed by atoms with Crippen molar-refractivity contribution in [2.75, 3.05) is 34.1 Å². The highest BCUT2D eigenvalue weighted by atomic mass is 16.5. The Kier molecular flexibility index (Phi) is 3.51. The second kappa shape index (κ2) is 4.45. The number of nitrogens with zero attached hydrogens (tertiary/aromatic N) is 1. The Balaban J connectivity index is 2.42. The lowest BCUT2D eigenvalue weighted by Gasteiger charge is -2.22. The van der Waals surface area contributed by atoms with Gasteiger partial charge in [-0.25, -0.2) is 9.59 Å². The molecule has 0 aliphatic carbocycles. The van der Waals surface area contributed by atoms with E-state index in [4.69, 9.17) is 9.47 Å². The fraction of sp³-hybridized carbons (Fsp3) is 0.556. The highest BCUT2D eigenvalue weighted by Crippen LogP contribution is 2.13. The molecule has 0 spiro atoms. The third kappa shape index (κ3) is 2.06. The summed E-state index contributed by atoms with van der Waals surface area (Å²) in [6.45, 7) is 0.898. The summed E-state index contributed by atoms with van der Waals surface area (Å²) in [7, 11) is 3.10. The van der Waals surface area contributed by atoms with Gasteiger partial charge in [0, 0.05) is 7.11 Å². The summed E-state index contributed by atoms with van der Waals surface area (Å²) in [6.07, 6.45) is 2.56. The molecule has 0 bridgehead atoms. The molecular weight excluding hydrogens is 186 g/mol. The number of carbonyl (C=O) groups is 2. The van der Waals surface area contributed by atoms with Crippen LogP contribution in [0.1, 0.15) is 0 Å². The Labute approximate surface area is 82.5 Å². The van der Waals surface area contributed by atoms with Crippen LogP contribution >= 0.6 is 0 Å². The number of hydrogen-bond donors (Lipinski definition) is 0. The molecule has 0 saturated carbocycles. The summed E-state index contributed by atoms with van der Waals surface area (Å²) in [5.41, 5.74) is 0. The predicted molar refractivity (Wildman–Crippen MR) is 48.0 cm³/mol. The average Bonchev–Trinajstić information content (AvgIpc) is 2.42. The maximum Gasteiger partial charge on any atom is 0.348 e. The molecule has 2 amide bonds. The van der Waals surface area contributed by atoms with Gasteiger partial charge in [0.1, 0.15) is 0 Å². The van der Waals surface area contributed by atoms with E-state index in [2.05, 4.69) is 0 Å². The zero-order valence-electron chi connectivity index (χ0n) is 8.36. The maximum absolute atomic E-state index is 11.3. The van der Waals surface area contributed by atoms with Gasteiger partial charge in [-0.2, -0.15) is 4.48 Å². The zero-order valence-corrected chi connectivity index (χ0v) is 8.36. The van der Waals surface area contributed by atoms with Crippen LogP contribution in [0.4, 0.5) is 0 Å². The molecule has 78 valence electrons. The maximum atomic E-state index is 11.3. The molecule has 1 aliphatic heterocycles. The molecule has 1 heterocycles. The van der Waals surface area contributed by atoms with Crippen LogP contribution in [0.5, 0.6) is 0 Å². The van der Waals surface area contributed by atoms with Crippen LogP contribution in [0.15, 0.2) is 12.2 Å². The van der Waals surface area contributed by atoms with Gasteiger partial charge < -0.3 is 9.47 Å². The normalized spacial score (nSPS) is 19.3. The quantitative estimate of drug-likeness (QED) is 0.346. The van der Waals surface area contributed by atoms with Crippen molar-refractivity contribution in [3.8, 4) is 0 Å². The second-order valence-electron chi connectivity index (χ2n) is 3.23. The second-order valence-corrected chi connectivity index (χ2v) is 3.23. The first-order valence-electron chi connectivity index (χ1n) is 4.30. The average molecular weight is 200 g/mol. The van der Waals surface area contributed by atoms with E-state index in [1.165, 1.54) is 19.2 Å². The largest absolute Gasteiger partial charge is 0.382 e. The van der Waals surface area contributed by atoms with Crippen molar-refractivity contribution >= 4 is 11.8 Å². The van der Waals surface area contributed by atoms with Crippen LogP contribution in [-0.2, 0) is 19.1 Å². The third-order valence-corrected chi connectivity index (χ3v) is 2.12. The van der Waals surface area contributed by atoms with Crippen LogP contribution in [-0.4, -0.2) is 50.4 Å². The van der Waals surface area contributed by atoms with Gasteiger partial charge in [-0.1, -0.05) is 0 Å². The highest BCUT2D eigenvalue weighted by Gasteiger charge is 2.42. The van der Waals surface area contributed by atoms with Crippen molar-refractivity contribution in [1.29, 1.82) is 0 Å². The van der Waals surface area contributed by atoms with Gasteiger partial charge in [-0.3, -0.25) is 0 Å². The minimum Gasteiger partial charge on any atom is -0.382 e. The van der Waals surface area contributed by atoms with Gasteiger partial charge in [-0.05, 0) is 0 Å². The van der Waals surface area contributed by atoms with E-state index >= 15 is 0 Å². The number of rotatable bonds is 5. The number of quaternary nitrogens is 1. The molecule has 0 aromatic heterocycles. The number of likely N-dealkylation sites (N-methyl/N-ethyl adjacent to an activating group) is 1. The Morgan fingerprint density at radius 1 is 1.21 bits per heavy atom. The molecule has 14 heavy (non-hydrogen) atoms. The Morgan fingerprint density at radius 2 is 1.79 bits per heavy atom. The Morgan fingerprint density at radius 3 is 2.29 bits per heavy atom. The molecule has 1 aliphatic rings. The standard InChI is InChI=1S/C9H14NO4/c1-10(7-14-6-5-13-2)8(11)3-4-9(10)12/h3-4H,5-7H2,1-2H3/q+1. The Hall–Kier alpha value is -1.04. The van der Waals surface area contributed by atoms with Gasteiger partial charge in [0.15, 0.2) is 6.73 Å². The lowest BCUT2D eigenvalue weighted by Crippen LogP contribution is -2.50. The van der Waals surface area contributed by atoms with E-state index in [1.54, 1.807) is 7.11 Å². The Bertz CT molecular complexity index is 254. The molecule has 5 nitrogen and oxygen atoms in total. The van der Waals surface area contributed by atoms with Crippen LogP contribution in [0.25, 0.3) is 0 Å². The number of methoxy groups -OCH3 is 1. The summed E-state index contributed by atoms with van der Waals surface area (Å²) in [5.74, 6) is -0.486. The molecule has 5 heteroatoms. The van der Waals surface area contributed by atoms with E-state index < -0.39 is 0 Å². The monoisotopic (exact) mass is 200 g/mol. The summed E-state index contributed by atoms with van der Waals surface area (Å²) < 4.78 is 9.61. The van der Waals surface area contributed by atoms with Crippen molar-refractivity contribution < 1.29 is 23.5 Å². The van der Waals surface area contributed by atoms with Gasteiger partial charge >= 0.3 is 11.8 Å². The fourth-order valence-electron chi connectivity index (χ4n) is 1.10. The molecule has 0 N–H and O–H groups in total. The minimum atomic E-state index is -0.330. The molecule has 0 fully saturated rings. The number of hydrogen-bond acceptors (Lipinski definition) is 4.